The van der Waals surface area contributed by atoms with Crippen LogP contribution in [0.5, 0.6) is 0 Å². The summed E-state index contributed by atoms with van der Waals surface area (Å²) in [7, 11) is 0. The van der Waals surface area contributed by atoms with Crippen LogP contribution in [0.4, 0.5) is 0 Å². The molecule has 7 heteroatoms. The van der Waals surface area contributed by atoms with Gasteiger partial charge in [-0.05, 0) is 63.2 Å². The van der Waals surface area contributed by atoms with Crippen LogP contribution in [0.2, 0.25) is 0 Å². The molecule has 7 nitrogen and oxygen atoms in total. The van der Waals surface area contributed by atoms with Gasteiger partial charge in [0, 0.05) is 52.6 Å². The van der Waals surface area contributed by atoms with Crippen LogP contribution in [-0.2, 0) is 30.8 Å². The van der Waals surface area contributed by atoms with Gasteiger partial charge in [-0.3, -0.25) is 4.79 Å². The molecule has 0 amide bonds. The van der Waals surface area contributed by atoms with E-state index in [1.807, 2.05) is 19.9 Å². The molecule has 3 heterocycles. The summed E-state index contributed by atoms with van der Waals surface area (Å²) in [6.07, 6.45) is 3.63. The van der Waals surface area contributed by atoms with Gasteiger partial charge in [0.05, 0.1) is 6.10 Å². The second kappa shape index (κ2) is 7.33. The van der Waals surface area contributed by atoms with Gasteiger partial charge >= 0.3 is 0 Å². The number of aromatic nitrogens is 1. The highest BCUT2D eigenvalue weighted by Gasteiger charge is 2.78. The minimum atomic E-state index is -1.49. The highest BCUT2D eigenvalue weighted by atomic mass is 16.8. The molecule has 2 aliphatic heterocycles. The maximum atomic E-state index is 13.4. The molecular formula is C30H37NO6. The lowest BCUT2D eigenvalue weighted by Crippen LogP contribution is -2.74. The zero-order valence-corrected chi connectivity index (χ0v) is 22.1. The fourth-order valence-corrected chi connectivity index (χ4v) is 8.88. The standard InChI is InChI=1S/C30H37NO6/c1-26(2)25-21(33)16-22-29(36-25,37-26)11-10-27(3)28(4)17(15-23(30(22,27)34)35-13-7-12-32)14-19-18-8-5-6-9-20(18)31-24(19)28/h5-6,8-9,16-17,23,25,31-32,34H,7,10-15H2,1-4H3/t17-,23+,25+,27?,28-,29+,30+/m1/s1. The third kappa shape index (κ3) is 2.67. The fourth-order valence-electron chi connectivity index (χ4n) is 8.88. The Morgan fingerprint density at radius 2 is 1.95 bits per heavy atom. The van der Waals surface area contributed by atoms with Crippen molar-refractivity contribution in [3.8, 4) is 0 Å². The lowest BCUT2D eigenvalue weighted by Gasteiger charge is -2.67. The molecule has 1 unspecified atom stereocenters. The van der Waals surface area contributed by atoms with Crippen LogP contribution < -0.4 is 0 Å². The summed E-state index contributed by atoms with van der Waals surface area (Å²) >= 11 is 0. The molecular weight excluding hydrogens is 470 g/mol. The van der Waals surface area contributed by atoms with Crippen molar-refractivity contribution in [3.05, 3.63) is 47.2 Å². The van der Waals surface area contributed by atoms with Crippen molar-refractivity contribution >= 4 is 16.7 Å². The zero-order chi connectivity index (χ0) is 26.0. The van der Waals surface area contributed by atoms with Crippen molar-refractivity contribution in [2.75, 3.05) is 13.2 Å². The van der Waals surface area contributed by atoms with Gasteiger partial charge in [0.15, 0.2) is 17.7 Å². The molecule has 1 aromatic carbocycles. The molecule has 2 aromatic rings. The molecule has 3 aliphatic carbocycles. The number of H-pyrrole nitrogens is 1. The number of hydrogen-bond acceptors (Lipinski definition) is 6. The van der Waals surface area contributed by atoms with Gasteiger partial charge in [0.2, 0.25) is 0 Å². The van der Waals surface area contributed by atoms with E-state index >= 15 is 0 Å². The average molecular weight is 508 g/mol. The van der Waals surface area contributed by atoms with E-state index in [1.54, 1.807) is 6.08 Å². The molecule has 3 fully saturated rings. The number of aliphatic hydroxyl groups is 2. The molecule has 0 radical (unpaired) electrons. The summed E-state index contributed by atoms with van der Waals surface area (Å²) in [5.74, 6) is -1.05. The maximum Gasteiger partial charge on any atom is 0.195 e. The summed E-state index contributed by atoms with van der Waals surface area (Å²) < 4.78 is 19.4. The smallest absolute Gasteiger partial charge is 0.195 e. The molecule has 5 aliphatic rings. The molecule has 37 heavy (non-hydrogen) atoms. The average Bonchev–Trinajstić information content (AvgIpc) is 3.44. The summed E-state index contributed by atoms with van der Waals surface area (Å²) in [6.45, 7) is 8.60. The molecule has 2 bridgehead atoms. The topological polar surface area (TPSA) is 101 Å². The number of benzene rings is 1. The van der Waals surface area contributed by atoms with E-state index in [0.29, 0.717) is 37.9 Å². The Balaban J connectivity index is 1.43. The Hall–Kier alpha value is -2.03. The first kappa shape index (κ1) is 24.0. The number of carbonyl (C=O) groups is 1. The molecule has 1 aromatic heterocycles. The van der Waals surface area contributed by atoms with E-state index in [2.05, 4.69) is 37.0 Å². The Morgan fingerprint density at radius 1 is 1.16 bits per heavy atom. The first-order valence-electron chi connectivity index (χ1n) is 13.7. The van der Waals surface area contributed by atoms with Gasteiger partial charge in [-0.25, -0.2) is 0 Å². The normalized spacial score (nSPS) is 43.2. The van der Waals surface area contributed by atoms with Gasteiger partial charge in [-0.1, -0.05) is 32.0 Å². The van der Waals surface area contributed by atoms with Crippen LogP contribution >= 0.6 is 0 Å². The molecule has 1 spiro atoms. The Kier molecular flexibility index (Phi) is 4.76. The van der Waals surface area contributed by atoms with Gasteiger partial charge in [-0.2, -0.15) is 0 Å². The number of ether oxygens (including phenoxy) is 3. The SMILES string of the molecule is CC1(C)O[C@@]23CCC4(C)[C@@]5(C)c6[nH]c7ccccc7c6C[C@@H]5C[C@H](OCCCO)[C@@]4(O)C2=CC(=O)[C@@H]1O3. The van der Waals surface area contributed by atoms with Gasteiger partial charge < -0.3 is 29.4 Å². The molecule has 1 saturated heterocycles. The highest BCUT2D eigenvalue weighted by molar-refractivity contribution is 5.97. The largest absolute Gasteiger partial charge is 0.396 e. The quantitative estimate of drug-likeness (QED) is 0.546. The first-order chi connectivity index (χ1) is 17.5. The summed E-state index contributed by atoms with van der Waals surface area (Å²) in [5, 5.41) is 23.8. The Bertz CT molecular complexity index is 1340. The molecule has 2 saturated carbocycles. The number of aliphatic hydroxyl groups excluding tert-OH is 1. The monoisotopic (exact) mass is 507 g/mol. The number of nitrogens with one attached hydrogen (secondary N) is 1. The molecule has 3 N–H and O–H groups in total. The van der Waals surface area contributed by atoms with E-state index in [4.69, 9.17) is 14.2 Å². The van der Waals surface area contributed by atoms with Crippen LogP contribution in [-0.4, -0.2) is 63.4 Å². The van der Waals surface area contributed by atoms with Crippen LogP contribution in [0.25, 0.3) is 10.9 Å². The van der Waals surface area contributed by atoms with E-state index in [1.165, 1.54) is 16.6 Å². The maximum absolute atomic E-state index is 13.4. The Morgan fingerprint density at radius 3 is 2.73 bits per heavy atom. The van der Waals surface area contributed by atoms with Crippen molar-refractivity contribution in [3.63, 3.8) is 0 Å². The predicted molar refractivity (Wildman–Crippen MR) is 137 cm³/mol. The lowest BCUT2D eigenvalue weighted by molar-refractivity contribution is -0.280. The Labute approximate surface area is 217 Å². The second-order valence-corrected chi connectivity index (χ2v) is 12.8. The number of fused-ring (bicyclic) bond motifs is 9. The fraction of sp³-hybridized carbons (Fsp3) is 0.633. The van der Waals surface area contributed by atoms with E-state index in [0.717, 1.165) is 11.9 Å². The van der Waals surface area contributed by atoms with Crippen LogP contribution in [0.1, 0.15) is 64.6 Å². The van der Waals surface area contributed by atoms with Crippen LogP contribution in [0, 0.1) is 11.3 Å². The van der Waals surface area contributed by atoms with Crippen molar-refractivity contribution in [1.29, 1.82) is 0 Å². The molecule has 7 rings (SSSR count). The van der Waals surface area contributed by atoms with E-state index < -0.39 is 34.6 Å². The van der Waals surface area contributed by atoms with Gasteiger partial charge in [0.1, 0.15) is 11.2 Å². The number of rotatable bonds is 4. The number of carbonyl (C=O) groups excluding carboxylic acids is 1. The van der Waals surface area contributed by atoms with Crippen LogP contribution in [0.15, 0.2) is 35.9 Å². The first-order valence-corrected chi connectivity index (χ1v) is 13.7. The third-order valence-corrected chi connectivity index (χ3v) is 10.9. The summed E-state index contributed by atoms with van der Waals surface area (Å²) in [4.78, 5) is 17.1. The summed E-state index contributed by atoms with van der Waals surface area (Å²) in [6, 6.07) is 8.42. The summed E-state index contributed by atoms with van der Waals surface area (Å²) in [5.41, 5.74) is 0.819. The lowest BCUT2D eigenvalue weighted by atomic mass is 9.41. The van der Waals surface area contributed by atoms with Gasteiger partial charge in [-0.15, -0.1) is 0 Å². The number of aromatic amines is 1. The van der Waals surface area contributed by atoms with Crippen LogP contribution in [0.3, 0.4) is 0 Å². The minimum absolute atomic E-state index is 0.0212. The van der Waals surface area contributed by atoms with Crippen molar-refractivity contribution in [2.24, 2.45) is 11.3 Å². The molecule has 7 atom stereocenters. The second-order valence-electron chi connectivity index (χ2n) is 12.8. The van der Waals surface area contributed by atoms with Crippen molar-refractivity contribution in [1.82, 2.24) is 4.98 Å². The van der Waals surface area contributed by atoms with Crippen molar-refractivity contribution < 1.29 is 29.2 Å². The van der Waals surface area contributed by atoms with E-state index in [-0.39, 0.29) is 23.7 Å². The number of hydrogen-bond donors (Lipinski definition) is 3. The van der Waals surface area contributed by atoms with Crippen molar-refractivity contribution in [2.45, 2.75) is 94.4 Å². The predicted octanol–water partition coefficient (Wildman–Crippen LogP) is 3.70. The zero-order valence-electron chi connectivity index (χ0n) is 22.1. The molecule has 198 valence electrons. The van der Waals surface area contributed by atoms with E-state index in [9.17, 15) is 15.0 Å². The highest BCUT2D eigenvalue weighted by Crippen LogP contribution is 2.72. The minimum Gasteiger partial charge on any atom is -0.396 e. The number of para-hydroxylation sites is 1. The number of ketones is 1. The van der Waals surface area contributed by atoms with Gasteiger partial charge in [0.25, 0.3) is 0 Å². The third-order valence-electron chi connectivity index (χ3n) is 10.9.